The van der Waals surface area contributed by atoms with Gasteiger partial charge in [-0.1, -0.05) is 18.2 Å². The van der Waals surface area contributed by atoms with E-state index in [1.807, 2.05) is 18.2 Å². The van der Waals surface area contributed by atoms with Crippen molar-refractivity contribution in [2.45, 2.75) is 5.75 Å². The normalized spacial score (nSPS) is 15.5. The summed E-state index contributed by atoms with van der Waals surface area (Å²) in [5.74, 6) is 0.107. The van der Waals surface area contributed by atoms with Crippen molar-refractivity contribution in [2.75, 3.05) is 37.3 Å². The van der Waals surface area contributed by atoms with Crippen molar-refractivity contribution in [1.82, 2.24) is 4.90 Å². The highest BCUT2D eigenvalue weighted by Gasteiger charge is 2.24. The molecule has 0 radical (unpaired) electrons. The number of rotatable bonds is 4. The summed E-state index contributed by atoms with van der Waals surface area (Å²) in [6.45, 7) is 2.73. The standard InChI is InChI=1S/C17H20N2O4S/c1-24(21,22)13-15-7-8-16(23-15)17(20)19-11-9-18(10-12-19)14-5-3-2-4-6-14/h2-8H,9-13H2,1H3. The van der Waals surface area contributed by atoms with Crippen molar-refractivity contribution in [3.8, 4) is 0 Å². The van der Waals surface area contributed by atoms with Crippen molar-refractivity contribution >= 4 is 21.4 Å². The number of hydrogen-bond donors (Lipinski definition) is 0. The van der Waals surface area contributed by atoms with E-state index in [0.717, 1.165) is 25.0 Å². The molecule has 24 heavy (non-hydrogen) atoms. The van der Waals surface area contributed by atoms with Gasteiger partial charge in [0.1, 0.15) is 11.5 Å². The Kier molecular flexibility index (Phi) is 4.62. The monoisotopic (exact) mass is 348 g/mol. The average molecular weight is 348 g/mol. The Morgan fingerprint density at radius 3 is 2.33 bits per heavy atom. The molecular weight excluding hydrogens is 328 g/mol. The van der Waals surface area contributed by atoms with Gasteiger partial charge in [0.15, 0.2) is 15.6 Å². The zero-order valence-electron chi connectivity index (χ0n) is 13.5. The number of sulfone groups is 1. The minimum Gasteiger partial charge on any atom is -0.455 e. The number of amides is 1. The fourth-order valence-corrected chi connectivity index (χ4v) is 3.46. The highest BCUT2D eigenvalue weighted by Crippen LogP contribution is 2.18. The molecule has 1 aromatic heterocycles. The van der Waals surface area contributed by atoms with Crippen LogP contribution in [0.5, 0.6) is 0 Å². The predicted octanol–water partition coefficient (Wildman–Crippen LogP) is 1.79. The predicted molar refractivity (Wildman–Crippen MR) is 91.8 cm³/mol. The van der Waals surface area contributed by atoms with Gasteiger partial charge in [-0.2, -0.15) is 0 Å². The lowest BCUT2D eigenvalue weighted by Gasteiger charge is -2.35. The molecule has 7 heteroatoms. The van der Waals surface area contributed by atoms with Crippen LogP contribution < -0.4 is 4.90 Å². The van der Waals surface area contributed by atoms with Crippen LogP contribution in [0.2, 0.25) is 0 Å². The van der Waals surface area contributed by atoms with Crippen LogP contribution in [0.1, 0.15) is 16.3 Å². The van der Waals surface area contributed by atoms with Gasteiger partial charge in [-0.15, -0.1) is 0 Å². The molecule has 1 amide bonds. The molecule has 0 saturated carbocycles. The molecule has 1 fully saturated rings. The lowest BCUT2D eigenvalue weighted by Crippen LogP contribution is -2.48. The molecule has 0 aliphatic carbocycles. The average Bonchev–Trinajstić information content (AvgIpc) is 3.01. The number of benzene rings is 1. The highest BCUT2D eigenvalue weighted by atomic mass is 32.2. The van der Waals surface area contributed by atoms with Crippen molar-refractivity contribution in [3.63, 3.8) is 0 Å². The molecule has 0 atom stereocenters. The third-order valence-corrected chi connectivity index (χ3v) is 4.77. The first-order chi connectivity index (χ1) is 11.4. The zero-order chi connectivity index (χ0) is 17.2. The summed E-state index contributed by atoms with van der Waals surface area (Å²) in [6, 6.07) is 13.2. The SMILES string of the molecule is CS(=O)(=O)Cc1ccc(C(=O)N2CCN(c3ccccc3)CC2)o1. The second-order valence-corrected chi connectivity index (χ2v) is 8.09. The Balaban J connectivity index is 1.61. The van der Waals surface area contributed by atoms with Crippen LogP contribution in [0.25, 0.3) is 0 Å². The number of carbonyl (C=O) groups is 1. The van der Waals surface area contributed by atoms with Gasteiger partial charge in [0.25, 0.3) is 5.91 Å². The maximum Gasteiger partial charge on any atom is 0.289 e. The summed E-state index contributed by atoms with van der Waals surface area (Å²) in [6.07, 6.45) is 1.14. The van der Waals surface area contributed by atoms with Gasteiger partial charge >= 0.3 is 0 Å². The lowest BCUT2D eigenvalue weighted by atomic mass is 10.2. The number of para-hydroxylation sites is 1. The van der Waals surface area contributed by atoms with Crippen LogP contribution in [0, 0.1) is 0 Å². The molecule has 1 saturated heterocycles. The van der Waals surface area contributed by atoms with E-state index in [-0.39, 0.29) is 17.4 Å². The molecule has 2 heterocycles. The van der Waals surface area contributed by atoms with E-state index in [1.54, 1.807) is 17.0 Å². The number of carbonyl (C=O) groups excluding carboxylic acids is 1. The van der Waals surface area contributed by atoms with Crippen molar-refractivity contribution in [1.29, 1.82) is 0 Å². The summed E-state index contributed by atoms with van der Waals surface area (Å²) in [7, 11) is -3.18. The van der Waals surface area contributed by atoms with Crippen LogP contribution in [0.3, 0.4) is 0 Å². The number of nitrogens with zero attached hydrogens (tertiary/aromatic N) is 2. The van der Waals surface area contributed by atoms with Gasteiger partial charge in [-0.25, -0.2) is 8.42 Å². The zero-order valence-corrected chi connectivity index (χ0v) is 14.3. The molecule has 6 nitrogen and oxygen atoms in total. The van der Waals surface area contributed by atoms with Crippen molar-refractivity contribution in [2.24, 2.45) is 0 Å². The van der Waals surface area contributed by atoms with Crippen molar-refractivity contribution in [3.05, 3.63) is 54.0 Å². The first-order valence-electron chi connectivity index (χ1n) is 7.78. The van der Waals surface area contributed by atoms with E-state index < -0.39 is 9.84 Å². The van der Waals surface area contributed by atoms with Gasteiger partial charge in [-0.3, -0.25) is 4.79 Å². The molecule has 3 rings (SSSR count). The number of piperazine rings is 1. The van der Waals surface area contributed by atoms with E-state index in [0.29, 0.717) is 18.8 Å². The number of anilines is 1. The van der Waals surface area contributed by atoms with Gasteiger partial charge in [0.2, 0.25) is 0 Å². The molecule has 0 unspecified atom stereocenters. The number of furan rings is 1. The molecular formula is C17H20N2O4S. The van der Waals surface area contributed by atoms with Crippen LogP contribution in [0.4, 0.5) is 5.69 Å². The Labute approximate surface area is 141 Å². The summed E-state index contributed by atoms with van der Waals surface area (Å²) in [4.78, 5) is 16.5. The van der Waals surface area contributed by atoms with Gasteiger partial charge in [-0.05, 0) is 24.3 Å². The Morgan fingerprint density at radius 2 is 1.71 bits per heavy atom. The van der Waals surface area contributed by atoms with E-state index in [9.17, 15) is 13.2 Å². The van der Waals surface area contributed by atoms with Crippen LogP contribution >= 0.6 is 0 Å². The fourth-order valence-electron chi connectivity index (χ4n) is 2.79. The molecule has 0 spiro atoms. The summed E-state index contributed by atoms with van der Waals surface area (Å²) in [5, 5.41) is 0. The third kappa shape index (κ3) is 3.97. The van der Waals surface area contributed by atoms with Crippen LogP contribution in [0.15, 0.2) is 46.9 Å². The molecule has 128 valence electrons. The topological polar surface area (TPSA) is 70.8 Å². The largest absolute Gasteiger partial charge is 0.455 e. The second-order valence-electron chi connectivity index (χ2n) is 5.95. The molecule has 0 N–H and O–H groups in total. The minimum absolute atomic E-state index is 0.192. The van der Waals surface area contributed by atoms with E-state index >= 15 is 0 Å². The first-order valence-corrected chi connectivity index (χ1v) is 9.84. The first kappa shape index (κ1) is 16.6. The molecule has 2 aromatic rings. The number of hydrogen-bond acceptors (Lipinski definition) is 5. The Morgan fingerprint density at radius 1 is 1.04 bits per heavy atom. The van der Waals surface area contributed by atoms with E-state index in [2.05, 4.69) is 17.0 Å². The molecule has 1 aromatic carbocycles. The quantitative estimate of drug-likeness (QED) is 0.842. The van der Waals surface area contributed by atoms with E-state index in [4.69, 9.17) is 4.42 Å². The fraction of sp³-hybridized carbons (Fsp3) is 0.353. The lowest BCUT2D eigenvalue weighted by molar-refractivity contribution is 0.0713. The van der Waals surface area contributed by atoms with Crippen LogP contribution in [-0.4, -0.2) is 51.7 Å². The van der Waals surface area contributed by atoms with Crippen molar-refractivity contribution < 1.29 is 17.6 Å². The Hall–Kier alpha value is -2.28. The van der Waals surface area contributed by atoms with Gasteiger partial charge < -0.3 is 14.2 Å². The van der Waals surface area contributed by atoms with Gasteiger partial charge in [0, 0.05) is 38.1 Å². The molecule has 0 bridgehead atoms. The summed E-state index contributed by atoms with van der Waals surface area (Å²) < 4.78 is 28.0. The summed E-state index contributed by atoms with van der Waals surface area (Å²) in [5.41, 5.74) is 1.15. The molecule has 1 aliphatic heterocycles. The summed E-state index contributed by atoms with van der Waals surface area (Å²) >= 11 is 0. The highest BCUT2D eigenvalue weighted by molar-refractivity contribution is 7.89. The Bertz CT molecular complexity index is 806. The maximum atomic E-state index is 12.5. The van der Waals surface area contributed by atoms with Crippen LogP contribution in [-0.2, 0) is 15.6 Å². The van der Waals surface area contributed by atoms with Gasteiger partial charge in [0.05, 0.1) is 0 Å². The maximum absolute atomic E-state index is 12.5. The third-order valence-electron chi connectivity index (χ3n) is 3.97. The molecule has 1 aliphatic rings. The second kappa shape index (κ2) is 6.68. The smallest absolute Gasteiger partial charge is 0.289 e. The minimum atomic E-state index is -3.18. The van der Waals surface area contributed by atoms with E-state index in [1.165, 1.54) is 0 Å².